The molecule has 4 fully saturated rings. The van der Waals surface area contributed by atoms with Crippen molar-refractivity contribution in [1.29, 1.82) is 0 Å². The van der Waals surface area contributed by atoms with Crippen LogP contribution in [0, 0.1) is 57.5 Å². The fraction of sp³-hybridized carbons (Fsp3) is 0.800. The molecule has 6 rings (SSSR count). The van der Waals surface area contributed by atoms with E-state index in [1.807, 2.05) is 0 Å². The van der Waals surface area contributed by atoms with Crippen molar-refractivity contribution in [3.63, 3.8) is 0 Å². The first-order valence-corrected chi connectivity index (χ1v) is 11.0. The Morgan fingerprint density at radius 1 is 0.846 bits per heavy atom. The summed E-state index contributed by atoms with van der Waals surface area (Å²) in [7, 11) is 0. The van der Waals surface area contributed by atoms with Gasteiger partial charge in [0.25, 0.3) is 6.04 Å². The van der Waals surface area contributed by atoms with Gasteiger partial charge in [0.05, 0.1) is 16.3 Å². The second-order valence-electron chi connectivity index (χ2n) is 9.41. The number of hydrogen-bond donors (Lipinski definition) is 0. The van der Waals surface area contributed by atoms with Crippen LogP contribution < -0.4 is 0 Å². The molecule has 0 radical (unpaired) electrons. The number of alkyl halides is 2. The molecule has 0 heterocycles. The fourth-order valence-electron chi connectivity index (χ4n) is 7.80. The Balaban J connectivity index is 1.25. The average Bonchev–Trinajstić information content (AvgIpc) is 3.38. The van der Waals surface area contributed by atoms with E-state index in [4.69, 9.17) is 23.2 Å². The Bertz CT molecular complexity index is 712. The molecule has 0 unspecified atom stereocenters. The molecule has 0 saturated heterocycles. The second kappa shape index (κ2) is 5.48. The number of hydrazine groups is 1. The van der Waals surface area contributed by atoms with Crippen LogP contribution in [0.25, 0.3) is 0 Å². The number of allylic oxidation sites excluding steroid dienone is 4. The Kier molecular flexibility index (Phi) is 3.46. The van der Waals surface area contributed by atoms with Crippen molar-refractivity contribution in [3.05, 3.63) is 34.4 Å². The van der Waals surface area contributed by atoms with Gasteiger partial charge in [0.15, 0.2) is 0 Å². The summed E-state index contributed by atoms with van der Waals surface area (Å²) in [6, 6.07) is -0.804. The lowest BCUT2D eigenvalue weighted by molar-refractivity contribution is -0.735. The maximum absolute atomic E-state index is 13.2. The van der Waals surface area contributed by atoms with E-state index in [9.17, 15) is 10.1 Å². The summed E-state index contributed by atoms with van der Waals surface area (Å²) in [4.78, 5) is 13.9. The molecular formula is C20H24Cl2N2O2. The summed E-state index contributed by atoms with van der Waals surface area (Å²) in [5.41, 5.74) is 0. The van der Waals surface area contributed by atoms with E-state index in [0.29, 0.717) is 45.5 Å². The van der Waals surface area contributed by atoms with Gasteiger partial charge in [-0.2, -0.15) is 5.17 Å². The molecule has 4 saturated carbocycles. The number of fused-ring (bicyclic) bond motifs is 10. The van der Waals surface area contributed by atoms with Crippen LogP contribution in [-0.4, -0.2) is 32.9 Å². The SMILES string of the molecule is O=[N+]([C@H]1[C@@H](Cl)[C@@H]2C[C@@H]1[C@H]1C=CC[C@@H]12)N([O-])[C@@H]1[C@H](Cl)[C@H]2C[C@H]1[C@@H]1C=CC[C@@H]12. The summed E-state index contributed by atoms with van der Waals surface area (Å²) in [6.45, 7) is 0. The molecule has 0 spiro atoms. The number of hydrogen-bond acceptors (Lipinski definition) is 2. The van der Waals surface area contributed by atoms with E-state index in [1.165, 1.54) is 0 Å². The van der Waals surface area contributed by atoms with Crippen molar-refractivity contribution >= 4 is 23.2 Å². The van der Waals surface area contributed by atoms with Crippen LogP contribution in [0.4, 0.5) is 0 Å². The van der Waals surface area contributed by atoms with Gasteiger partial charge in [-0.05, 0) is 67.1 Å². The Morgan fingerprint density at radius 2 is 1.42 bits per heavy atom. The first kappa shape index (κ1) is 16.4. The topological polar surface area (TPSA) is 46.4 Å². The van der Waals surface area contributed by atoms with Crippen LogP contribution in [0.1, 0.15) is 25.7 Å². The minimum atomic E-state index is -0.402. The number of halogens is 2. The predicted octanol–water partition coefficient (Wildman–Crippen LogP) is 4.12. The molecule has 4 nitrogen and oxygen atoms in total. The molecule has 6 aliphatic rings. The Hall–Kier alpha value is -0.580. The molecular weight excluding hydrogens is 371 g/mol. The molecule has 6 heteroatoms. The van der Waals surface area contributed by atoms with E-state index in [-0.39, 0.29) is 22.6 Å². The summed E-state index contributed by atoms with van der Waals surface area (Å²) in [6.07, 6.45) is 13.1. The lowest BCUT2D eigenvalue weighted by atomic mass is 9.78. The highest BCUT2D eigenvalue weighted by Crippen LogP contribution is 2.61. The zero-order chi connectivity index (χ0) is 17.7. The molecule has 0 N–H and O–H groups in total. The first-order valence-electron chi connectivity index (χ1n) is 10.1. The van der Waals surface area contributed by atoms with Crippen molar-refractivity contribution in [2.24, 2.45) is 47.3 Å². The van der Waals surface area contributed by atoms with Gasteiger partial charge in [-0.15, -0.1) is 23.2 Å². The van der Waals surface area contributed by atoms with Gasteiger partial charge in [0, 0.05) is 5.92 Å². The molecule has 6 aliphatic carbocycles. The molecule has 0 amide bonds. The average molecular weight is 395 g/mol. The number of nitroso groups, excluding NO2 is 1. The van der Waals surface area contributed by atoms with Gasteiger partial charge >= 0.3 is 0 Å². The highest BCUT2D eigenvalue weighted by atomic mass is 35.5. The molecule has 0 aromatic carbocycles. The van der Waals surface area contributed by atoms with Crippen LogP contribution in [-0.2, 0) is 0 Å². The van der Waals surface area contributed by atoms with E-state index >= 15 is 0 Å². The smallest absolute Gasteiger partial charge is 0.253 e. The van der Waals surface area contributed by atoms with Crippen LogP contribution in [0.2, 0.25) is 0 Å². The molecule has 0 aliphatic heterocycles. The number of hydroxylamine groups is 1. The quantitative estimate of drug-likeness (QED) is 0.313. The van der Waals surface area contributed by atoms with E-state index in [0.717, 1.165) is 25.7 Å². The second-order valence-corrected chi connectivity index (χ2v) is 10.4. The first-order chi connectivity index (χ1) is 12.6. The van der Waals surface area contributed by atoms with Gasteiger partial charge in [0.1, 0.15) is 10.2 Å². The fourth-order valence-corrected chi connectivity index (χ4v) is 8.94. The molecule has 26 heavy (non-hydrogen) atoms. The van der Waals surface area contributed by atoms with Crippen LogP contribution in [0.5, 0.6) is 0 Å². The van der Waals surface area contributed by atoms with Gasteiger partial charge < -0.3 is 5.21 Å². The third kappa shape index (κ3) is 1.87. The minimum absolute atomic E-state index is 0.215. The molecule has 4 bridgehead atoms. The van der Waals surface area contributed by atoms with Crippen molar-refractivity contribution in [3.8, 4) is 0 Å². The molecule has 140 valence electrons. The maximum Gasteiger partial charge on any atom is 0.253 e. The summed E-state index contributed by atoms with van der Waals surface area (Å²) >= 11 is 13.4. The van der Waals surface area contributed by atoms with Gasteiger partial charge in [-0.3, -0.25) is 0 Å². The van der Waals surface area contributed by atoms with Gasteiger partial charge in [0.2, 0.25) is 0 Å². The van der Waals surface area contributed by atoms with Gasteiger partial charge in [-0.25, -0.2) is 0 Å². The van der Waals surface area contributed by atoms with Crippen LogP contribution in [0.15, 0.2) is 24.3 Å². The zero-order valence-electron chi connectivity index (χ0n) is 14.5. The van der Waals surface area contributed by atoms with E-state index < -0.39 is 12.1 Å². The molecule has 0 aromatic heterocycles. The van der Waals surface area contributed by atoms with Gasteiger partial charge in [-0.1, -0.05) is 24.3 Å². The monoisotopic (exact) mass is 394 g/mol. The molecule has 12 atom stereocenters. The highest BCUT2D eigenvalue weighted by Gasteiger charge is 2.66. The Morgan fingerprint density at radius 3 is 2.12 bits per heavy atom. The van der Waals surface area contributed by atoms with Crippen molar-refractivity contribution < 1.29 is 4.87 Å². The largest absolute Gasteiger partial charge is 0.704 e. The summed E-state index contributed by atoms with van der Waals surface area (Å²) in [5, 5.41) is 13.4. The maximum atomic E-state index is 13.2. The zero-order valence-corrected chi connectivity index (χ0v) is 16.0. The lowest BCUT2D eigenvalue weighted by Crippen LogP contribution is -2.55. The summed E-state index contributed by atoms with van der Waals surface area (Å²) < 4.78 is 0. The number of nitrogens with zero attached hydrogens (tertiary/aromatic N) is 2. The van der Waals surface area contributed by atoms with Crippen molar-refractivity contribution in [2.75, 3.05) is 0 Å². The molecule has 0 aromatic rings. The minimum Gasteiger partial charge on any atom is -0.704 e. The highest BCUT2D eigenvalue weighted by molar-refractivity contribution is 6.22. The van der Waals surface area contributed by atoms with Crippen molar-refractivity contribution in [1.82, 2.24) is 5.17 Å². The summed E-state index contributed by atoms with van der Waals surface area (Å²) in [5.74, 6) is 3.19. The van der Waals surface area contributed by atoms with E-state index in [2.05, 4.69) is 24.3 Å². The standard InChI is InChI=1S/C20H24Cl2N2O2/c21-17-13-7-15(11-5-1-3-9(11)13)19(17)23(25)24(26)20-16-8-14(18(20)22)10-4-2-6-12(10)16/h1-2,5-6,9-20H,3-4,7-8H2/t9-,10-,11-,12+,13+,14-,15+,16-,17-,18+,19+,20-/m0/s1. The predicted molar refractivity (Wildman–Crippen MR) is 100 cm³/mol. The van der Waals surface area contributed by atoms with Crippen LogP contribution in [0.3, 0.4) is 0 Å². The van der Waals surface area contributed by atoms with Crippen LogP contribution >= 0.6 is 23.2 Å². The number of rotatable bonds is 3. The third-order valence-corrected chi connectivity index (χ3v) is 9.92. The third-order valence-electron chi connectivity index (χ3n) is 8.75. The Labute approximate surface area is 163 Å². The van der Waals surface area contributed by atoms with Crippen molar-refractivity contribution in [2.45, 2.75) is 48.5 Å². The lowest BCUT2D eigenvalue weighted by Gasteiger charge is -2.41. The van der Waals surface area contributed by atoms with E-state index in [1.54, 1.807) is 0 Å². The normalized spacial score (nSPS) is 57.8.